The number of thioether (sulfide) groups is 1. The summed E-state index contributed by atoms with van der Waals surface area (Å²) >= 11 is 5.37. The Morgan fingerprint density at radius 2 is 1.62 bits per heavy atom. The molecule has 1 spiro atoms. The highest BCUT2D eigenvalue weighted by Gasteiger charge is 2.76. The van der Waals surface area contributed by atoms with Crippen molar-refractivity contribution in [2.45, 2.75) is 39.7 Å². The molecule has 218 valence electrons. The van der Waals surface area contributed by atoms with Crippen LogP contribution < -0.4 is 15.4 Å². The molecule has 3 aromatic rings. The van der Waals surface area contributed by atoms with Gasteiger partial charge >= 0.3 is 0 Å². The van der Waals surface area contributed by atoms with E-state index in [-0.39, 0.29) is 34.4 Å². The molecule has 3 aliphatic rings. The Hall–Kier alpha value is -3.34. The molecule has 3 N–H and O–H groups in total. The SMILES string of the molecule is COc1ccc(NC(=O)C2N([C@@H](CO)Cc3ccccc3)C(=O)[C@@H]3[C@H](C(=O)Nc4ccccc4)[C@H]4SC23CC4Br)cc1. The van der Waals surface area contributed by atoms with Crippen LogP contribution in [0.3, 0.4) is 0 Å². The molecular formula is C32H32BrN3O5S. The van der Waals surface area contributed by atoms with Crippen molar-refractivity contribution in [3.05, 3.63) is 90.5 Å². The molecule has 0 radical (unpaired) electrons. The maximum Gasteiger partial charge on any atom is 0.248 e. The van der Waals surface area contributed by atoms with Gasteiger partial charge in [-0.2, -0.15) is 0 Å². The summed E-state index contributed by atoms with van der Waals surface area (Å²) in [6.45, 7) is -0.317. The number of aliphatic hydroxyl groups excluding tert-OH is 1. The van der Waals surface area contributed by atoms with E-state index in [2.05, 4.69) is 26.6 Å². The Bertz CT molecular complexity index is 1460. The third kappa shape index (κ3) is 4.99. The number of nitrogens with one attached hydrogen (secondary N) is 2. The maximum absolute atomic E-state index is 14.5. The third-order valence-corrected chi connectivity index (χ3v) is 11.8. The van der Waals surface area contributed by atoms with Gasteiger partial charge in [-0.1, -0.05) is 64.5 Å². The van der Waals surface area contributed by atoms with Crippen molar-refractivity contribution in [1.82, 2.24) is 4.90 Å². The summed E-state index contributed by atoms with van der Waals surface area (Å²) in [5.41, 5.74) is 2.17. The van der Waals surface area contributed by atoms with Crippen LogP contribution in [-0.2, 0) is 20.8 Å². The molecule has 3 amide bonds. The van der Waals surface area contributed by atoms with Crippen molar-refractivity contribution in [2.24, 2.45) is 11.8 Å². The Morgan fingerprint density at radius 3 is 2.26 bits per heavy atom. The van der Waals surface area contributed by atoms with E-state index in [1.807, 2.05) is 60.7 Å². The number of alkyl halides is 1. The lowest BCUT2D eigenvalue weighted by molar-refractivity contribution is -0.141. The lowest BCUT2D eigenvalue weighted by atomic mass is 9.70. The molecule has 10 heteroatoms. The van der Waals surface area contributed by atoms with E-state index < -0.39 is 28.7 Å². The summed E-state index contributed by atoms with van der Waals surface area (Å²) in [5, 5.41) is 16.5. The number of rotatable bonds is 9. The van der Waals surface area contributed by atoms with Gasteiger partial charge < -0.3 is 25.4 Å². The number of aliphatic hydroxyl groups is 1. The van der Waals surface area contributed by atoms with Gasteiger partial charge in [0, 0.05) is 21.5 Å². The molecule has 6 rings (SSSR count). The highest BCUT2D eigenvalue weighted by molar-refractivity contribution is 9.09. The first kappa shape index (κ1) is 28.8. The normalized spacial score (nSPS) is 28.3. The third-order valence-electron chi connectivity index (χ3n) is 8.60. The summed E-state index contributed by atoms with van der Waals surface area (Å²) < 4.78 is 4.41. The molecule has 3 heterocycles. The second-order valence-corrected chi connectivity index (χ2v) is 13.7. The topological polar surface area (TPSA) is 108 Å². The first-order chi connectivity index (χ1) is 20.4. The van der Waals surface area contributed by atoms with E-state index in [1.54, 1.807) is 48.0 Å². The van der Waals surface area contributed by atoms with E-state index in [4.69, 9.17) is 4.74 Å². The van der Waals surface area contributed by atoms with Gasteiger partial charge in [0.25, 0.3) is 0 Å². The molecule has 42 heavy (non-hydrogen) atoms. The molecule has 0 saturated carbocycles. The van der Waals surface area contributed by atoms with Crippen molar-refractivity contribution in [3.8, 4) is 5.75 Å². The van der Waals surface area contributed by atoms with Crippen LogP contribution in [-0.4, -0.2) is 68.4 Å². The van der Waals surface area contributed by atoms with E-state index in [1.165, 1.54) is 0 Å². The minimum absolute atomic E-state index is 0.0593. The van der Waals surface area contributed by atoms with Crippen LogP contribution >= 0.6 is 27.7 Å². The summed E-state index contributed by atoms with van der Waals surface area (Å²) in [5.74, 6) is -1.52. The molecule has 3 aliphatic heterocycles. The number of amides is 3. The predicted octanol–water partition coefficient (Wildman–Crippen LogP) is 4.34. The van der Waals surface area contributed by atoms with E-state index in [9.17, 15) is 19.5 Å². The fourth-order valence-corrected chi connectivity index (χ4v) is 10.4. The number of benzene rings is 3. The number of ether oxygens (including phenoxy) is 1. The van der Waals surface area contributed by atoms with Crippen molar-refractivity contribution in [3.63, 3.8) is 0 Å². The maximum atomic E-state index is 14.5. The van der Waals surface area contributed by atoms with Gasteiger partial charge in [-0.05, 0) is 54.8 Å². The monoisotopic (exact) mass is 649 g/mol. The van der Waals surface area contributed by atoms with Crippen molar-refractivity contribution in [2.75, 3.05) is 24.4 Å². The van der Waals surface area contributed by atoms with E-state index >= 15 is 0 Å². The molecule has 3 unspecified atom stereocenters. The van der Waals surface area contributed by atoms with Crippen molar-refractivity contribution in [1.29, 1.82) is 0 Å². The number of para-hydroxylation sites is 1. The van der Waals surface area contributed by atoms with Crippen LogP contribution in [0, 0.1) is 11.8 Å². The van der Waals surface area contributed by atoms with Gasteiger partial charge in [0.1, 0.15) is 11.8 Å². The van der Waals surface area contributed by atoms with Gasteiger partial charge in [-0.3, -0.25) is 14.4 Å². The quantitative estimate of drug-likeness (QED) is 0.298. The summed E-state index contributed by atoms with van der Waals surface area (Å²) in [7, 11) is 1.57. The number of hydrogen-bond acceptors (Lipinski definition) is 6. The molecule has 0 aliphatic carbocycles. The molecule has 3 aromatic carbocycles. The minimum Gasteiger partial charge on any atom is -0.497 e. The zero-order valence-electron chi connectivity index (χ0n) is 23.0. The number of fused-ring (bicyclic) bond motifs is 1. The molecular weight excluding hydrogens is 618 g/mol. The van der Waals surface area contributed by atoms with Gasteiger partial charge in [0.2, 0.25) is 17.7 Å². The number of carbonyl (C=O) groups is 3. The molecule has 3 fully saturated rings. The lowest BCUT2D eigenvalue weighted by Gasteiger charge is -2.37. The van der Waals surface area contributed by atoms with Crippen LogP contribution in [0.15, 0.2) is 84.9 Å². The van der Waals surface area contributed by atoms with Gasteiger partial charge in [-0.15, -0.1) is 11.8 Å². The van der Waals surface area contributed by atoms with Gasteiger partial charge in [-0.25, -0.2) is 0 Å². The first-order valence-electron chi connectivity index (χ1n) is 14.0. The Morgan fingerprint density at radius 1 is 1.00 bits per heavy atom. The van der Waals surface area contributed by atoms with Crippen LogP contribution in [0.25, 0.3) is 0 Å². The van der Waals surface area contributed by atoms with Crippen LogP contribution in [0.4, 0.5) is 11.4 Å². The predicted molar refractivity (Wildman–Crippen MR) is 167 cm³/mol. The summed E-state index contributed by atoms with van der Waals surface area (Å²) in [4.78, 5) is 44.1. The van der Waals surface area contributed by atoms with E-state index in [0.29, 0.717) is 30.0 Å². The smallest absolute Gasteiger partial charge is 0.248 e. The largest absolute Gasteiger partial charge is 0.497 e. The van der Waals surface area contributed by atoms with Gasteiger partial charge in [0.05, 0.1) is 36.3 Å². The lowest BCUT2D eigenvalue weighted by Crippen LogP contribution is -2.55. The number of hydrogen-bond donors (Lipinski definition) is 3. The second kappa shape index (κ2) is 11.7. The summed E-state index contributed by atoms with van der Waals surface area (Å²) in [6.07, 6.45) is 0.930. The Labute approximate surface area is 257 Å². The second-order valence-electron chi connectivity index (χ2n) is 11.0. The van der Waals surface area contributed by atoms with Crippen LogP contribution in [0.5, 0.6) is 5.75 Å². The fraction of sp³-hybridized carbons (Fsp3) is 0.344. The number of halogens is 1. The highest BCUT2D eigenvalue weighted by Crippen LogP contribution is 2.68. The van der Waals surface area contributed by atoms with Crippen molar-refractivity contribution < 1.29 is 24.2 Å². The number of methoxy groups -OCH3 is 1. The zero-order chi connectivity index (χ0) is 29.4. The number of anilines is 2. The number of carbonyl (C=O) groups excluding carboxylic acids is 3. The molecule has 0 aromatic heterocycles. The molecule has 8 nitrogen and oxygen atoms in total. The average Bonchev–Trinajstić information content (AvgIpc) is 3.60. The minimum atomic E-state index is -0.887. The fourth-order valence-electron chi connectivity index (χ4n) is 6.83. The Kier molecular flexibility index (Phi) is 8.04. The zero-order valence-corrected chi connectivity index (χ0v) is 25.4. The molecule has 7 atom stereocenters. The average molecular weight is 651 g/mol. The molecule has 2 bridgehead atoms. The standard InChI is InChI=1S/C32H32BrN3O5S/c1-41-23-14-12-21(13-15-23)35-30(39)28-32-17-24(33)27(42-32)25(29(38)34-20-10-6-3-7-11-20)26(32)31(40)36(28)22(18-37)16-19-8-4-2-5-9-19/h2-15,22,24-28,37H,16-18H2,1H3,(H,34,38)(H,35,39)/t22-,24?,25+,26+,27+,28?,32?/m1/s1. The number of likely N-dealkylation sites (tertiary alicyclic amines) is 1. The molecule has 3 saturated heterocycles. The van der Waals surface area contributed by atoms with E-state index in [0.717, 1.165) is 5.56 Å². The Balaban J connectivity index is 1.38. The van der Waals surface area contributed by atoms with Crippen molar-refractivity contribution >= 4 is 56.8 Å². The van der Waals surface area contributed by atoms with Gasteiger partial charge in [0.15, 0.2) is 0 Å². The first-order valence-corrected chi connectivity index (χ1v) is 15.8. The summed E-state index contributed by atoms with van der Waals surface area (Å²) in [6, 6.07) is 24.3. The van der Waals surface area contributed by atoms with Crippen LogP contribution in [0.2, 0.25) is 0 Å². The number of nitrogens with zero attached hydrogens (tertiary/aromatic N) is 1. The highest BCUT2D eigenvalue weighted by atomic mass is 79.9. The van der Waals surface area contributed by atoms with Crippen LogP contribution in [0.1, 0.15) is 12.0 Å².